The topological polar surface area (TPSA) is 34.4 Å². The largest absolute Gasteiger partial charge is 0.296 e. The number of aldehydes is 1. The molecule has 23 heavy (non-hydrogen) atoms. The summed E-state index contributed by atoms with van der Waals surface area (Å²) in [5, 5.41) is 2.69. The number of nitrogens with zero attached hydrogens (tertiary/aromatic N) is 2. The van der Waals surface area contributed by atoms with Gasteiger partial charge in [-0.15, -0.1) is 11.3 Å². The van der Waals surface area contributed by atoms with E-state index in [0.717, 1.165) is 28.1 Å². The molecule has 0 aliphatic rings. The number of hydrogen-bond donors (Lipinski definition) is 0. The Morgan fingerprint density at radius 1 is 1.00 bits per heavy atom. The van der Waals surface area contributed by atoms with Gasteiger partial charge in [0.05, 0.1) is 5.69 Å². The molecule has 0 aliphatic heterocycles. The molecule has 0 saturated carbocycles. The Balaban J connectivity index is 1.97. The molecule has 2 heterocycles. The Morgan fingerprint density at radius 2 is 1.74 bits per heavy atom. The van der Waals surface area contributed by atoms with Crippen molar-refractivity contribution in [2.45, 2.75) is 0 Å². The minimum absolute atomic E-state index is 0.567. The van der Waals surface area contributed by atoms with Crippen LogP contribution in [0, 0.1) is 0 Å². The Morgan fingerprint density at radius 3 is 2.43 bits per heavy atom. The van der Waals surface area contributed by atoms with Crippen LogP contribution in [0.5, 0.6) is 0 Å². The minimum Gasteiger partial charge on any atom is -0.296 e. The van der Waals surface area contributed by atoms with Crippen molar-refractivity contribution in [1.82, 2.24) is 9.38 Å². The third-order valence-electron chi connectivity index (χ3n) is 3.70. The third kappa shape index (κ3) is 2.36. The lowest BCUT2D eigenvalue weighted by Gasteiger charge is -2.03. The van der Waals surface area contributed by atoms with E-state index in [1.165, 1.54) is 11.3 Å². The van der Waals surface area contributed by atoms with E-state index in [9.17, 15) is 4.79 Å². The van der Waals surface area contributed by atoms with Crippen LogP contribution < -0.4 is 0 Å². The third-order valence-corrected chi connectivity index (χ3v) is 4.78. The van der Waals surface area contributed by atoms with Crippen LogP contribution in [0.4, 0.5) is 0 Å². The van der Waals surface area contributed by atoms with Crippen LogP contribution in [0.2, 0.25) is 5.02 Å². The van der Waals surface area contributed by atoms with Gasteiger partial charge in [-0.1, -0.05) is 54.1 Å². The Bertz CT molecular complexity index is 987. The van der Waals surface area contributed by atoms with Crippen molar-refractivity contribution in [2.24, 2.45) is 0 Å². The summed E-state index contributed by atoms with van der Waals surface area (Å²) in [4.78, 5) is 17.2. The monoisotopic (exact) mass is 338 g/mol. The Kier molecular flexibility index (Phi) is 3.48. The lowest BCUT2D eigenvalue weighted by molar-refractivity contribution is 0.111. The molecule has 0 atom stereocenters. The number of hydrogen-bond acceptors (Lipinski definition) is 3. The average molecular weight is 339 g/mol. The van der Waals surface area contributed by atoms with Gasteiger partial charge in [0, 0.05) is 16.0 Å². The highest BCUT2D eigenvalue weighted by Gasteiger charge is 2.18. The first-order chi connectivity index (χ1) is 11.3. The summed E-state index contributed by atoms with van der Waals surface area (Å²) in [6.45, 7) is 0. The standard InChI is InChI=1S/C18H11ClN2OS/c19-14-8-6-12(7-9-14)16-11-23-18-20-17(15(10-22)21(16)18)13-4-2-1-3-5-13/h1-11H. The van der Waals surface area contributed by atoms with Gasteiger partial charge in [0.2, 0.25) is 0 Å². The zero-order valence-electron chi connectivity index (χ0n) is 11.9. The van der Waals surface area contributed by atoms with Crippen LogP contribution in [0.1, 0.15) is 10.5 Å². The molecule has 0 aliphatic carbocycles. The number of aromatic nitrogens is 2. The van der Waals surface area contributed by atoms with Gasteiger partial charge in [-0.25, -0.2) is 4.98 Å². The molecule has 0 unspecified atom stereocenters. The maximum atomic E-state index is 11.7. The van der Waals surface area contributed by atoms with Crippen molar-refractivity contribution < 1.29 is 4.79 Å². The van der Waals surface area contributed by atoms with Crippen molar-refractivity contribution in [1.29, 1.82) is 0 Å². The summed E-state index contributed by atoms with van der Waals surface area (Å²) < 4.78 is 1.91. The molecule has 2 aromatic heterocycles. The summed E-state index contributed by atoms with van der Waals surface area (Å²) in [5.74, 6) is 0. The second kappa shape index (κ2) is 5.65. The van der Waals surface area contributed by atoms with E-state index in [4.69, 9.17) is 11.6 Å². The number of carbonyl (C=O) groups is 1. The normalized spacial score (nSPS) is 11.0. The summed E-state index contributed by atoms with van der Waals surface area (Å²) in [5.41, 5.74) is 4.16. The van der Waals surface area contributed by atoms with Gasteiger partial charge in [0.25, 0.3) is 0 Å². The number of rotatable bonds is 3. The molecule has 0 bridgehead atoms. The maximum absolute atomic E-state index is 11.7. The highest BCUT2D eigenvalue weighted by Crippen LogP contribution is 2.32. The molecule has 3 nitrogen and oxygen atoms in total. The Labute approximate surface area is 141 Å². The predicted octanol–water partition coefficient (Wildman–Crippen LogP) is 5.20. The first kappa shape index (κ1) is 14.2. The fourth-order valence-corrected chi connectivity index (χ4v) is 3.65. The number of carbonyl (C=O) groups excluding carboxylic acids is 1. The van der Waals surface area contributed by atoms with Gasteiger partial charge < -0.3 is 0 Å². The SMILES string of the molecule is O=Cc1c(-c2ccccc2)nc2scc(-c3ccc(Cl)cc3)n12. The zero-order valence-corrected chi connectivity index (χ0v) is 13.5. The number of halogens is 1. The lowest BCUT2D eigenvalue weighted by atomic mass is 10.1. The molecule has 0 N–H and O–H groups in total. The van der Waals surface area contributed by atoms with Gasteiger partial charge >= 0.3 is 0 Å². The summed E-state index contributed by atoms with van der Waals surface area (Å²) >= 11 is 7.48. The highest BCUT2D eigenvalue weighted by atomic mass is 35.5. The Hall–Kier alpha value is -2.43. The van der Waals surface area contributed by atoms with Crippen molar-refractivity contribution in [2.75, 3.05) is 0 Å². The van der Waals surface area contributed by atoms with E-state index in [1.54, 1.807) is 0 Å². The zero-order chi connectivity index (χ0) is 15.8. The molecule has 0 saturated heterocycles. The van der Waals surface area contributed by atoms with Crippen LogP contribution in [0.3, 0.4) is 0 Å². The van der Waals surface area contributed by atoms with Gasteiger partial charge in [-0.2, -0.15) is 0 Å². The summed E-state index contributed by atoms with van der Waals surface area (Å²) in [6, 6.07) is 17.3. The van der Waals surface area contributed by atoms with Crippen LogP contribution in [0.15, 0.2) is 60.0 Å². The first-order valence-corrected chi connectivity index (χ1v) is 8.30. The van der Waals surface area contributed by atoms with Crippen molar-refractivity contribution in [3.63, 3.8) is 0 Å². The van der Waals surface area contributed by atoms with E-state index in [-0.39, 0.29) is 0 Å². The molecule has 2 aromatic carbocycles. The van der Waals surface area contributed by atoms with Crippen molar-refractivity contribution >= 4 is 34.2 Å². The highest BCUT2D eigenvalue weighted by molar-refractivity contribution is 7.15. The van der Waals surface area contributed by atoms with Gasteiger partial charge in [-0.05, 0) is 17.7 Å². The molecule has 4 rings (SSSR count). The van der Waals surface area contributed by atoms with E-state index < -0.39 is 0 Å². The van der Waals surface area contributed by atoms with Gasteiger partial charge in [-0.3, -0.25) is 9.20 Å². The van der Waals surface area contributed by atoms with E-state index in [1.807, 2.05) is 64.4 Å². The van der Waals surface area contributed by atoms with Crippen LogP contribution in [-0.2, 0) is 0 Å². The molecule has 4 aromatic rings. The molecule has 0 spiro atoms. The van der Waals surface area contributed by atoms with Crippen molar-refractivity contribution in [3.05, 3.63) is 70.7 Å². The fraction of sp³-hybridized carbons (Fsp3) is 0. The number of fused-ring (bicyclic) bond motifs is 1. The number of benzene rings is 2. The van der Waals surface area contributed by atoms with Gasteiger partial charge in [0.15, 0.2) is 11.2 Å². The minimum atomic E-state index is 0.567. The number of thiazole rings is 1. The first-order valence-electron chi connectivity index (χ1n) is 7.04. The number of imidazole rings is 1. The smallest absolute Gasteiger partial charge is 0.195 e. The predicted molar refractivity (Wildman–Crippen MR) is 94.3 cm³/mol. The van der Waals surface area contributed by atoms with E-state index in [2.05, 4.69) is 4.98 Å². The molecule has 0 radical (unpaired) electrons. The molecule has 0 amide bonds. The molecule has 112 valence electrons. The average Bonchev–Trinajstić information content (AvgIpc) is 3.15. The van der Waals surface area contributed by atoms with Gasteiger partial charge in [0.1, 0.15) is 11.4 Å². The fourth-order valence-electron chi connectivity index (χ4n) is 2.62. The van der Waals surface area contributed by atoms with Crippen LogP contribution >= 0.6 is 22.9 Å². The maximum Gasteiger partial charge on any atom is 0.195 e. The molecule has 5 heteroatoms. The molecular weight excluding hydrogens is 328 g/mol. The summed E-state index contributed by atoms with van der Waals surface area (Å²) in [6.07, 6.45) is 0.870. The molecule has 0 fully saturated rings. The van der Waals surface area contributed by atoms with Crippen LogP contribution in [-0.4, -0.2) is 15.7 Å². The van der Waals surface area contributed by atoms with Crippen molar-refractivity contribution in [3.8, 4) is 22.5 Å². The van der Waals surface area contributed by atoms with Crippen LogP contribution in [0.25, 0.3) is 27.5 Å². The lowest BCUT2D eigenvalue weighted by Crippen LogP contribution is -1.94. The van der Waals surface area contributed by atoms with E-state index in [0.29, 0.717) is 16.4 Å². The van der Waals surface area contributed by atoms with E-state index >= 15 is 0 Å². The second-order valence-electron chi connectivity index (χ2n) is 5.08. The molecular formula is C18H11ClN2OS. The quantitative estimate of drug-likeness (QED) is 0.481. The summed E-state index contributed by atoms with van der Waals surface area (Å²) in [7, 11) is 0. The second-order valence-corrected chi connectivity index (χ2v) is 6.35.